The number of morpholine rings is 1. The summed E-state index contributed by atoms with van der Waals surface area (Å²) in [6.45, 7) is 8.12. The maximum Gasteiger partial charge on any atom is 0.229 e. The normalized spacial score (nSPS) is 21.4. The number of H-pyrrole nitrogens is 1. The highest BCUT2D eigenvalue weighted by Crippen LogP contribution is 2.25. The van der Waals surface area contributed by atoms with Gasteiger partial charge < -0.3 is 24.8 Å². The van der Waals surface area contributed by atoms with Gasteiger partial charge >= 0.3 is 0 Å². The molecular weight excluding hydrogens is 396 g/mol. The summed E-state index contributed by atoms with van der Waals surface area (Å²) in [5.41, 5.74) is 1.53. The summed E-state index contributed by atoms with van der Waals surface area (Å²) in [7, 11) is 0. The standard InChI is InChI=1S/C21H32N8O2/c30-17-3-1-7-28(17)8-2-6-22-19-18-20(24-15-23-18)26-21(25-19)29-9-4-16(5-10-29)27-11-13-31-14-12-27/h15-16H,1-14H2,(H2,22,23,24,25,26). The van der Waals surface area contributed by atoms with Crippen LogP contribution in [0.1, 0.15) is 32.1 Å². The number of piperidine rings is 1. The van der Waals surface area contributed by atoms with Crippen molar-refractivity contribution < 1.29 is 9.53 Å². The second-order valence-electron chi connectivity index (χ2n) is 8.60. The van der Waals surface area contributed by atoms with Gasteiger partial charge in [0.05, 0.1) is 19.5 Å². The third kappa shape index (κ3) is 4.59. The number of ether oxygens (including phenoxy) is 1. The molecule has 0 atom stereocenters. The largest absolute Gasteiger partial charge is 0.379 e. The molecule has 0 aliphatic carbocycles. The van der Waals surface area contributed by atoms with Crippen molar-refractivity contribution in [1.29, 1.82) is 0 Å². The molecule has 3 aliphatic rings. The Labute approximate surface area is 182 Å². The summed E-state index contributed by atoms with van der Waals surface area (Å²) in [5, 5.41) is 3.44. The molecule has 10 heteroatoms. The molecule has 3 aliphatic heterocycles. The average Bonchev–Trinajstić information content (AvgIpc) is 3.46. The van der Waals surface area contributed by atoms with Crippen LogP contribution in [0.25, 0.3) is 11.2 Å². The van der Waals surface area contributed by atoms with Gasteiger partial charge in [-0.15, -0.1) is 0 Å². The topological polar surface area (TPSA) is 103 Å². The van der Waals surface area contributed by atoms with E-state index in [-0.39, 0.29) is 5.91 Å². The first-order valence-electron chi connectivity index (χ1n) is 11.6. The quantitative estimate of drug-likeness (QED) is 0.632. The molecule has 5 rings (SSSR count). The van der Waals surface area contributed by atoms with E-state index in [1.807, 2.05) is 4.90 Å². The fourth-order valence-corrected chi connectivity index (χ4v) is 4.88. The number of hydrogen-bond donors (Lipinski definition) is 2. The molecule has 0 bridgehead atoms. The zero-order valence-electron chi connectivity index (χ0n) is 18.1. The minimum absolute atomic E-state index is 0.278. The third-order valence-electron chi connectivity index (χ3n) is 6.65. The molecule has 0 radical (unpaired) electrons. The van der Waals surface area contributed by atoms with Crippen LogP contribution in [0.5, 0.6) is 0 Å². The van der Waals surface area contributed by atoms with E-state index in [0.29, 0.717) is 18.1 Å². The number of hydrogen-bond acceptors (Lipinski definition) is 8. The number of likely N-dealkylation sites (tertiary alicyclic amines) is 1. The molecule has 168 valence electrons. The monoisotopic (exact) mass is 428 g/mol. The van der Waals surface area contributed by atoms with Crippen molar-refractivity contribution in [3.05, 3.63) is 6.33 Å². The van der Waals surface area contributed by atoms with Crippen LogP contribution in [0.2, 0.25) is 0 Å². The molecule has 2 N–H and O–H groups in total. The Kier molecular flexibility index (Phi) is 6.17. The number of aromatic amines is 1. The lowest BCUT2D eigenvalue weighted by atomic mass is 10.0. The van der Waals surface area contributed by atoms with E-state index >= 15 is 0 Å². The molecule has 2 aromatic heterocycles. The maximum absolute atomic E-state index is 11.8. The number of carbonyl (C=O) groups excluding carboxylic acids is 1. The number of amides is 1. The molecule has 0 spiro atoms. The van der Waals surface area contributed by atoms with Crippen LogP contribution in [0.15, 0.2) is 6.33 Å². The Balaban J connectivity index is 1.20. The third-order valence-corrected chi connectivity index (χ3v) is 6.65. The van der Waals surface area contributed by atoms with Crippen molar-refractivity contribution >= 4 is 28.8 Å². The fraction of sp³-hybridized carbons (Fsp3) is 0.714. The molecule has 2 aromatic rings. The van der Waals surface area contributed by atoms with Crippen LogP contribution in [-0.2, 0) is 9.53 Å². The Hall–Kier alpha value is -2.46. The van der Waals surface area contributed by atoms with E-state index in [1.165, 1.54) is 0 Å². The zero-order chi connectivity index (χ0) is 21.0. The number of nitrogens with one attached hydrogen (secondary N) is 2. The summed E-state index contributed by atoms with van der Waals surface area (Å²) >= 11 is 0. The fourth-order valence-electron chi connectivity index (χ4n) is 4.88. The molecule has 0 aromatic carbocycles. The Morgan fingerprint density at radius 3 is 2.74 bits per heavy atom. The molecule has 31 heavy (non-hydrogen) atoms. The number of imidazole rings is 1. The molecule has 3 fully saturated rings. The molecule has 1 amide bonds. The van der Waals surface area contributed by atoms with Crippen molar-refractivity contribution in [2.75, 3.05) is 69.2 Å². The van der Waals surface area contributed by atoms with Crippen molar-refractivity contribution in [2.45, 2.75) is 38.1 Å². The molecule has 0 saturated carbocycles. The van der Waals surface area contributed by atoms with Gasteiger partial charge in [-0.25, -0.2) is 4.98 Å². The predicted octanol–water partition coefficient (Wildman–Crippen LogP) is 1.08. The Morgan fingerprint density at radius 1 is 1.13 bits per heavy atom. The second-order valence-corrected chi connectivity index (χ2v) is 8.60. The molecule has 10 nitrogen and oxygen atoms in total. The van der Waals surface area contributed by atoms with Gasteiger partial charge in [0.15, 0.2) is 11.5 Å². The lowest BCUT2D eigenvalue weighted by molar-refractivity contribution is -0.127. The van der Waals surface area contributed by atoms with E-state index in [2.05, 4.69) is 25.1 Å². The smallest absolute Gasteiger partial charge is 0.229 e. The highest BCUT2D eigenvalue weighted by atomic mass is 16.5. The lowest BCUT2D eigenvalue weighted by Crippen LogP contribution is -2.49. The Morgan fingerprint density at radius 2 is 1.97 bits per heavy atom. The van der Waals surface area contributed by atoms with E-state index < -0.39 is 0 Å². The molecule has 0 unspecified atom stereocenters. The minimum Gasteiger partial charge on any atom is -0.379 e. The molecule has 3 saturated heterocycles. The highest BCUT2D eigenvalue weighted by molar-refractivity contribution is 5.83. The van der Waals surface area contributed by atoms with Crippen LogP contribution >= 0.6 is 0 Å². The summed E-state index contributed by atoms with van der Waals surface area (Å²) in [5.74, 6) is 1.82. The first-order valence-corrected chi connectivity index (χ1v) is 11.6. The van der Waals surface area contributed by atoms with E-state index in [4.69, 9.17) is 14.7 Å². The van der Waals surface area contributed by atoms with Crippen molar-refractivity contribution in [2.24, 2.45) is 0 Å². The zero-order valence-corrected chi connectivity index (χ0v) is 18.1. The van der Waals surface area contributed by atoms with Crippen molar-refractivity contribution in [3.63, 3.8) is 0 Å². The number of aromatic nitrogens is 4. The predicted molar refractivity (Wildman–Crippen MR) is 118 cm³/mol. The van der Waals surface area contributed by atoms with Gasteiger partial charge in [0.25, 0.3) is 0 Å². The van der Waals surface area contributed by atoms with Gasteiger partial charge in [0.2, 0.25) is 11.9 Å². The van der Waals surface area contributed by atoms with Gasteiger partial charge in [0, 0.05) is 58.3 Å². The van der Waals surface area contributed by atoms with Gasteiger partial charge in [-0.1, -0.05) is 0 Å². The average molecular weight is 429 g/mol. The number of anilines is 2. The number of carbonyl (C=O) groups is 1. The van der Waals surface area contributed by atoms with Gasteiger partial charge in [-0.3, -0.25) is 9.69 Å². The van der Waals surface area contributed by atoms with Gasteiger partial charge in [-0.2, -0.15) is 9.97 Å². The lowest BCUT2D eigenvalue weighted by Gasteiger charge is -2.40. The van der Waals surface area contributed by atoms with Gasteiger partial charge in [0.1, 0.15) is 5.52 Å². The van der Waals surface area contributed by atoms with Crippen molar-refractivity contribution in [3.8, 4) is 0 Å². The van der Waals surface area contributed by atoms with Crippen LogP contribution in [-0.4, -0.2) is 101 Å². The van der Waals surface area contributed by atoms with Crippen LogP contribution < -0.4 is 10.2 Å². The summed E-state index contributed by atoms with van der Waals surface area (Å²) in [6.07, 6.45) is 6.48. The summed E-state index contributed by atoms with van der Waals surface area (Å²) < 4.78 is 5.49. The van der Waals surface area contributed by atoms with Crippen LogP contribution in [0.3, 0.4) is 0 Å². The number of nitrogens with zero attached hydrogens (tertiary/aromatic N) is 6. The summed E-state index contributed by atoms with van der Waals surface area (Å²) in [4.78, 5) is 35.7. The van der Waals surface area contributed by atoms with E-state index in [0.717, 1.165) is 102 Å². The number of rotatable bonds is 7. The van der Waals surface area contributed by atoms with E-state index in [1.54, 1.807) is 6.33 Å². The first kappa shape index (κ1) is 20.4. The number of fused-ring (bicyclic) bond motifs is 1. The maximum atomic E-state index is 11.8. The molecular formula is C21H32N8O2. The van der Waals surface area contributed by atoms with Crippen molar-refractivity contribution in [1.82, 2.24) is 29.7 Å². The SMILES string of the molecule is O=C1CCCN1CCCNc1nc(N2CCC(N3CCOCC3)CC2)nc2nc[nH]c12. The minimum atomic E-state index is 0.278. The van der Waals surface area contributed by atoms with E-state index in [9.17, 15) is 4.79 Å². The van der Waals surface area contributed by atoms with Gasteiger partial charge in [-0.05, 0) is 25.7 Å². The van der Waals surface area contributed by atoms with Crippen LogP contribution in [0.4, 0.5) is 11.8 Å². The second kappa shape index (κ2) is 9.35. The first-order chi connectivity index (χ1) is 15.3. The molecule has 5 heterocycles. The highest BCUT2D eigenvalue weighted by Gasteiger charge is 2.27. The van der Waals surface area contributed by atoms with Crippen LogP contribution in [0, 0.1) is 0 Å². The summed E-state index contributed by atoms with van der Waals surface area (Å²) in [6, 6.07) is 0.625. The Bertz CT molecular complexity index is 889.